The highest BCUT2D eigenvalue weighted by atomic mass is 32.2. The molecule has 1 fully saturated rings. The number of aryl methyl sites for hydroxylation is 1. The Bertz CT molecular complexity index is 1440. The number of ether oxygens (including phenoxy) is 3. The number of anilines is 1. The average Bonchev–Trinajstić information content (AvgIpc) is 3.28. The van der Waals surface area contributed by atoms with Gasteiger partial charge in [0.25, 0.3) is 10.0 Å². The van der Waals surface area contributed by atoms with Crippen LogP contribution in [0, 0.1) is 6.92 Å². The Hall–Kier alpha value is -3.79. The van der Waals surface area contributed by atoms with E-state index in [-0.39, 0.29) is 33.6 Å². The molecule has 3 aromatic rings. The second-order valence-corrected chi connectivity index (χ2v) is 11.0. The summed E-state index contributed by atoms with van der Waals surface area (Å²) in [6, 6.07) is 13.0. The molecule has 0 atom stereocenters. The van der Waals surface area contributed by atoms with Crippen molar-refractivity contribution in [2.24, 2.45) is 0 Å². The molecule has 10 heteroatoms. The molecule has 9 nitrogen and oxygen atoms in total. The van der Waals surface area contributed by atoms with Gasteiger partial charge in [0, 0.05) is 11.6 Å². The van der Waals surface area contributed by atoms with Gasteiger partial charge in [-0.15, -0.1) is 0 Å². The SMILES string of the molecule is COC(=O)c1c(C(=O)OC)c(-c2ccccc2OC)n(S(=O)(=O)c2ccc(C)cc2)c1NC1CCCCC1. The molecule has 1 aliphatic rings. The van der Waals surface area contributed by atoms with Gasteiger partial charge in [-0.3, -0.25) is 0 Å². The molecule has 0 saturated heterocycles. The van der Waals surface area contributed by atoms with Crippen molar-refractivity contribution >= 4 is 27.8 Å². The van der Waals surface area contributed by atoms with Gasteiger partial charge in [-0.05, 0) is 44.0 Å². The topological polar surface area (TPSA) is 113 Å². The van der Waals surface area contributed by atoms with Gasteiger partial charge in [-0.25, -0.2) is 22.0 Å². The van der Waals surface area contributed by atoms with Crippen LogP contribution in [0.5, 0.6) is 5.75 Å². The molecule has 1 heterocycles. The van der Waals surface area contributed by atoms with Crippen molar-refractivity contribution in [3.8, 4) is 17.0 Å². The van der Waals surface area contributed by atoms with E-state index in [1.807, 2.05) is 6.92 Å². The molecule has 1 aromatic heterocycles. The van der Waals surface area contributed by atoms with E-state index in [9.17, 15) is 18.0 Å². The van der Waals surface area contributed by atoms with E-state index in [1.54, 1.807) is 36.4 Å². The third kappa shape index (κ3) is 5.00. The zero-order valence-corrected chi connectivity index (χ0v) is 22.8. The zero-order chi connectivity index (χ0) is 27.4. The smallest absolute Gasteiger partial charge is 0.342 e. The lowest BCUT2D eigenvalue weighted by atomic mass is 9.95. The standard InChI is InChI=1S/C28H32N2O7S/c1-18-14-16-20(17-15-18)38(33,34)30-25(21-12-8-9-13-22(21)35-2)23(27(31)36-3)24(28(32)37-4)26(30)29-19-10-6-5-7-11-19/h8-9,12-17,19,29H,5-7,10-11H2,1-4H3. The van der Waals surface area contributed by atoms with Gasteiger partial charge in [-0.2, -0.15) is 0 Å². The first-order valence-electron chi connectivity index (χ1n) is 12.4. The van der Waals surface area contributed by atoms with E-state index in [2.05, 4.69) is 5.32 Å². The van der Waals surface area contributed by atoms with E-state index >= 15 is 0 Å². The van der Waals surface area contributed by atoms with E-state index in [0.29, 0.717) is 11.3 Å². The van der Waals surface area contributed by atoms with Crippen LogP contribution in [0.15, 0.2) is 53.4 Å². The van der Waals surface area contributed by atoms with Gasteiger partial charge in [0.1, 0.15) is 22.7 Å². The maximum Gasteiger partial charge on any atom is 0.342 e. The van der Waals surface area contributed by atoms with Gasteiger partial charge in [0.05, 0.1) is 31.9 Å². The van der Waals surface area contributed by atoms with Crippen LogP contribution >= 0.6 is 0 Å². The lowest BCUT2D eigenvalue weighted by Gasteiger charge is -2.25. The van der Waals surface area contributed by atoms with Crippen LogP contribution in [-0.4, -0.2) is 51.7 Å². The van der Waals surface area contributed by atoms with Crippen molar-refractivity contribution < 1.29 is 32.2 Å². The molecule has 0 radical (unpaired) electrons. The second-order valence-electron chi connectivity index (χ2n) is 9.19. The number of hydrogen-bond acceptors (Lipinski definition) is 8. The normalized spacial score (nSPS) is 14.1. The molecule has 0 bridgehead atoms. The number of esters is 2. The second kappa shape index (κ2) is 11.3. The molecule has 2 aromatic carbocycles. The van der Waals surface area contributed by atoms with Crippen molar-refractivity contribution in [3.63, 3.8) is 0 Å². The first-order valence-corrected chi connectivity index (χ1v) is 13.9. The number of carbonyl (C=O) groups is 2. The molecule has 1 N–H and O–H groups in total. The summed E-state index contributed by atoms with van der Waals surface area (Å²) < 4.78 is 45.5. The summed E-state index contributed by atoms with van der Waals surface area (Å²) in [6.45, 7) is 1.85. The maximum absolute atomic E-state index is 14.4. The van der Waals surface area contributed by atoms with Crippen LogP contribution in [0.1, 0.15) is 58.4 Å². The van der Waals surface area contributed by atoms with Crippen molar-refractivity contribution in [2.75, 3.05) is 26.6 Å². The number of nitrogens with one attached hydrogen (secondary N) is 1. The van der Waals surface area contributed by atoms with E-state index < -0.39 is 22.0 Å². The fourth-order valence-electron chi connectivity index (χ4n) is 4.86. The Morgan fingerprint density at radius 2 is 1.47 bits per heavy atom. The number of rotatable bonds is 8. The van der Waals surface area contributed by atoms with E-state index in [1.165, 1.54) is 33.5 Å². The first kappa shape index (κ1) is 27.3. The molecule has 0 aliphatic heterocycles. The van der Waals surface area contributed by atoms with Gasteiger partial charge >= 0.3 is 11.9 Å². The Balaban J connectivity index is 2.17. The molecule has 1 aliphatic carbocycles. The fraction of sp³-hybridized carbons (Fsp3) is 0.357. The lowest BCUT2D eigenvalue weighted by Crippen LogP contribution is -2.27. The summed E-state index contributed by atoms with van der Waals surface area (Å²) in [4.78, 5) is 26.6. The highest BCUT2D eigenvalue weighted by molar-refractivity contribution is 7.90. The molecule has 0 amide bonds. The highest BCUT2D eigenvalue weighted by Crippen LogP contribution is 2.43. The third-order valence-electron chi connectivity index (χ3n) is 6.78. The minimum atomic E-state index is -4.34. The summed E-state index contributed by atoms with van der Waals surface area (Å²) in [5.41, 5.74) is 0.702. The molecule has 202 valence electrons. The van der Waals surface area contributed by atoms with Crippen LogP contribution in [-0.2, 0) is 19.5 Å². The Morgan fingerprint density at radius 3 is 2.08 bits per heavy atom. The van der Waals surface area contributed by atoms with Crippen LogP contribution in [0.2, 0.25) is 0 Å². The molecular formula is C28H32N2O7S. The molecule has 4 rings (SSSR count). The quantitative estimate of drug-likeness (QED) is 0.396. The Kier molecular flexibility index (Phi) is 8.11. The molecule has 0 unspecified atom stereocenters. The molecule has 38 heavy (non-hydrogen) atoms. The van der Waals surface area contributed by atoms with Crippen LogP contribution in [0.3, 0.4) is 0 Å². The molecular weight excluding hydrogens is 508 g/mol. The highest BCUT2D eigenvalue weighted by Gasteiger charge is 2.39. The number of benzene rings is 2. The summed E-state index contributed by atoms with van der Waals surface area (Å²) in [5, 5.41) is 3.30. The minimum Gasteiger partial charge on any atom is -0.496 e. The van der Waals surface area contributed by atoms with E-state index in [4.69, 9.17) is 14.2 Å². The Labute approximate surface area is 222 Å². The maximum atomic E-state index is 14.4. The van der Waals surface area contributed by atoms with Crippen LogP contribution in [0.4, 0.5) is 5.82 Å². The first-order chi connectivity index (χ1) is 18.2. The number of para-hydroxylation sites is 1. The van der Waals surface area contributed by atoms with E-state index in [0.717, 1.165) is 41.6 Å². The zero-order valence-electron chi connectivity index (χ0n) is 21.9. The summed E-state index contributed by atoms with van der Waals surface area (Å²) in [5.74, 6) is -1.46. The predicted octanol–water partition coefficient (Wildman–Crippen LogP) is 5.03. The number of nitrogens with zero attached hydrogens (tertiary/aromatic N) is 1. The number of aromatic nitrogens is 1. The summed E-state index contributed by atoms with van der Waals surface area (Å²) >= 11 is 0. The molecule has 1 saturated carbocycles. The van der Waals surface area contributed by atoms with Gasteiger partial charge < -0.3 is 19.5 Å². The van der Waals surface area contributed by atoms with Gasteiger partial charge in [0.15, 0.2) is 0 Å². The monoisotopic (exact) mass is 540 g/mol. The summed E-state index contributed by atoms with van der Waals surface area (Å²) in [6.07, 6.45) is 4.56. The average molecular weight is 541 g/mol. The van der Waals surface area contributed by atoms with Crippen molar-refractivity contribution in [3.05, 3.63) is 65.2 Å². The predicted molar refractivity (Wildman–Crippen MR) is 143 cm³/mol. The number of hydrogen-bond donors (Lipinski definition) is 1. The van der Waals surface area contributed by atoms with Crippen LogP contribution < -0.4 is 10.1 Å². The van der Waals surface area contributed by atoms with Crippen LogP contribution in [0.25, 0.3) is 11.3 Å². The Morgan fingerprint density at radius 1 is 0.868 bits per heavy atom. The summed E-state index contributed by atoms with van der Waals surface area (Å²) in [7, 11) is -0.539. The van der Waals surface area contributed by atoms with Crippen molar-refractivity contribution in [1.29, 1.82) is 0 Å². The van der Waals surface area contributed by atoms with Crippen molar-refractivity contribution in [1.82, 2.24) is 3.97 Å². The largest absolute Gasteiger partial charge is 0.496 e. The van der Waals surface area contributed by atoms with Gasteiger partial charge in [0.2, 0.25) is 0 Å². The fourth-order valence-corrected chi connectivity index (χ4v) is 6.37. The minimum absolute atomic E-state index is 0.00577. The third-order valence-corrected chi connectivity index (χ3v) is 8.49. The molecule has 0 spiro atoms. The number of methoxy groups -OCH3 is 3. The number of carbonyl (C=O) groups excluding carboxylic acids is 2. The van der Waals surface area contributed by atoms with Gasteiger partial charge in [-0.1, -0.05) is 49.1 Å². The van der Waals surface area contributed by atoms with Crippen molar-refractivity contribution in [2.45, 2.75) is 50.0 Å². The lowest BCUT2D eigenvalue weighted by molar-refractivity contribution is 0.0558.